The van der Waals surface area contributed by atoms with Gasteiger partial charge in [-0.3, -0.25) is 23.2 Å². The Morgan fingerprint density at radius 3 is 2.09 bits per heavy atom. The van der Waals surface area contributed by atoms with E-state index in [0.717, 1.165) is 0 Å². The first kappa shape index (κ1) is 28.0. The lowest BCUT2D eigenvalue weighted by atomic mass is 9.98. The number of carbonyl (C=O) groups is 2. The first-order valence-corrected chi connectivity index (χ1v) is 13.3. The molecule has 0 aliphatic rings. The van der Waals surface area contributed by atoms with Crippen LogP contribution in [0.3, 0.4) is 0 Å². The number of anilines is 1. The van der Waals surface area contributed by atoms with Crippen molar-refractivity contribution in [1.29, 1.82) is 0 Å². The minimum atomic E-state index is -3.76. The summed E-state index contributed by atoms with van der Waals surface area (Å²) in [6.45, 7) is 9.51. The number of aryl methyl sites for hydroxylation is 1. The molecule has 0 radical (unpaired) electrons. The Hall–Kier alpha value is -2.21. The van der Waals surface area contributed by atoms with Crippen LogP contribution in [0.1, 0.15) is 41.5 Å². The first-order chi connectivity index (χ1) is 15.7. The fourth-order valence-electron chi connectivity index (χ4n) is 2.27. The van der Waals surface area contributed by atoms with Gasteiger partial charge in [-0.1, -0.05) is 0 Å². The van der Waals surface area contributed by atoms with E-state index in [4.69, 9.17) is 24.3 Å². The number of thioether (sulfide) groups is 1. The fourth-order valence-corrected chi connectivity index (χ4v) is 5.10. The van der Waals surface area contributed by atoms with E-state index in [2.05, 4.69) is 15.0 Å². The Morgan fingerprint density at radius 2 is 1.56 bits per heavy atom. The Balaban J connectivity index is 1.94. The van der Waals surface area contributed by atoms with Crippen molar-refractivity contribution >= 4 is 48.3 Å². The highest BCUT2D eigenvalue weighted by atomic mass is 32.2. The number of esters is 2. The van der Waals surface area contributed by atoms with Crippen molar-refractivity contribution in [3.63, 3.8) is 0 Å². The fraction of sp³-hybridized carbons (Fsp3) is 0.650. The molecule has 0 spiro atoms. The molecule has 0 amide bonds. The second-order valence-electron chi connectivity index (χ2n) is 9.37. The standard InChI is InChI=1S/C20H32N5O7PS/c1-19(2,3)17(26)29-11-31-33(28,32-12-30-18(27)20(4,5)6)13-34-8-7-25-10-24-14-15(21)22-9-23-16(14)25/h9-10H,7-8,11-13H2,1-6H3,(H2,21,22,23). The van der Waals surface area contributed by atoms with E-state index >= 15 is 0 Å². The van der Waals surface area contributed by atoms with Crippen molar-refractivity contribution in [2.45, 2.75) is 48.1 Å². The zero-order chi connectivity index (χ0) is 25.6. The lowest BCUT2D eigenvalue weighted by Crippen LogP contribution is -2.25. The molecule has 2 heterocycles. The van der Waals surface area contributed by atoms with E-state index in [1.807, 2.05) is 0 Å². The molecule has 2 N–H and O–H groups in total. The van der Waals surface area contributed by atoms with Gasteiger partial charge in [0, 0.05) is 12.3 Å². The van der Waals surface area contributed by atoms with Crippen LogP contribution in [-0.2, 0) is 39.2 Å². The lowest BCUT2D eigenvalue weighted by Gasteiger charge is -2.21. The van der Waals surface area contributed by atoms with Gasteiger partial charge in [-0.2, -0.15) is 0 Å². The van der Waals surface area contributed by atoms with Crippen LogP contribution in [0.15, 0.2) is 12.7 Å². The molecule has 14 heteroatoms. The smallest absolute Gasteiger partial charge is 0.346 e. The van der Waals surface area contributed by atoms with Gasteiger partial charge in [0.1, 0.15) is 11.8 Å². The second kappa shape index (κ2) is 11.5. The predicted octanol–water partition coefficient (Wildman–Crippen LogP) is 3.42. The van der Waals surface area contributed by atoms with Gasteiger partial charge in [0.05, 0.1) is 22.7 Å². The molecule has 34 heavy (non-hydrogen) atoms. The summed E-state index contributed by atoms with van der Waals surface area (Å²) in [5, 5.41) is 0. The molecule has 2 rings (SSSR count). The molecule has 0 bridgehead atoms. The molecule has 0 aliphatic heterocycles. The Labute approximate surface area is 202 Å². The lowest BCUT2D eigenvalue weighted by molar-refractivity contribution is -0.161. The topological polar surface area (TPSA) is 158 Å². The maximum Gasteiger partial charge on any atom is 0.346 e. The highest BCUT2D eigenvalue weighted by Gasteiger charge is 2.30. The number of fused-ring (bicyclic) bond motifs is 1. The Bertz CT molecular complexity index is 1010. The molecule has 0 aromatic carbocycles. The Morgan fingerprint density at radius 1 is 1.00 bits per heavy atom. The zero-order valence-electron chi connectivity index (χ0n) is 20.3. The molecule has 2 aromatic rings. The number of nitrogens with two attached hydrogens (primary N) is 1. The van der Waals surface area contributed by atoms with Crippen molar-refractivity contribution in [3.8, 4) is 0 Å². The van der Waals surface area contributed by atoms with E-state index < -0.39 is 44.0 Å². The highest BCUT2D eigenvalue weighted by molar-refractivity contribution is 8.04. The number of nitrogen functional groups attached to an aromatic ring is 1. The molecular formula is C20H32N5O7PS. The summed E-state index contributed by atoms with van der Waals surface area (Å²) in [5.74, 6) is -0.231. The third kappa shape index (κ3) is 8.23. The molecule has 0 atom stereocenters. The van der Waals surface area contributed by atoms with E-state index in [0.29, 0.717) is 23.5 Å². The summed E-state index contributed by atoms with van der Waals surface area (Å²) in [6, 6.07) is 0. The van der Waals surface area contributed by atoms with Gasteiger partial charge in [-0.15, -0.1) is 11.8 Å². The third-order valence-corrected chi connectivity index (χ3v) is 7.72. The van der Waals surface area contributed by atoms with Crippen molar-refractivity contribution in [3.05, 3.63) is 12.7 Å². The van der Waals surface area contributed by atoms with Crippen LogP contribution in [-0.4, -0.2) is 56.3 Å². The van der Waals surface area contributed by atoms with Crippen LogP contribution < -0.4 is 5.73 Å². The summed E-state index contributed by atoms with van der Waals surface area (Å²) in [5.41, 5.74) is 5.34. The minimum absolute atomic E-state index is 0.0586. The van der Waals surface area contributed by atoms with Gasteiger partial charge in [-0.05, 0) is 41.5 Å². The van der Waals surface area contributed by atoms with E-state index in [9.17, 15) is 14.2 Å². The maximum absolute atomic E-state index is 13.2. The molecule has 0 saturated heterocycles. The van der Waals surface area contributed by atoms with Gasteiger partial charge in [-0.25, -0.2) is 15.0 Å². The number of imidazole rings is 1. The van der Waals surface area contributed by atoms with E-state index in [1.54, 1.807) is 52.4 Å². The number of aromatic nitrogens is 4. The Kier molecular flexibility index (Phi) is 9.46. The summed E-state index contributed by atoms with van der Waals surface area (Å²) < 4.78 is 35.7. The van der Waals surface area contributed by atoms with Crippen molar-refractivity contribution < 1.29 is 32.7 Å². The minimum Gasteiger partial charge on any atom is -0.438 e. The number of rotatable bonds is 11. The monoisotopic (exact) mass is 517 g/mol. The number of nitrogens with zero attached hydrogens (tertiary/aromatic N) is 4. The first-order valence-electron chi connectivity index (χ1n) is 10.4. The number of hydrogen-bond acceptors (Lipinski definition) is 12. The second-order valence-corrected chi connectivity index (χ2v) is 13.0. The molecule has 0 aliphatic carbocycles. The molecular weight excluding hydrogens is 485 g/mol. The number of ether oxygens (including phenoxy) is 2. The number of hydrogen-bond donors (Lipinski definition) is 1. The molecule has 0 saturated carbocycles. The van der Waals surface area contributed by atoms with Crippen LogP contribution in [0.5, 0.6) is 0 Å². The van der Waals surface area contributed by atoms with Crippen molar-refractivity contribution in [2.75, 3.05) is 30.6 Å². The normalized spacial score (nSPS) is 12.6. The largest absolute Gasteiger partial charge is 0.438 e. The summed E-state index contributed by atoms with van der Waals surface area (Å²) in [7, 11) is -3.76. The molecule has 12 nitrogen and oxygen atoms in total. The van der Waals surface area contributed by atoms with Crippen LogP contribution in [0, 0.1) is 10.8 Å². The average molecular weight is 518 g/mol. The van der Waals surface area contributed by atoms with Gasteiger partial charge in [0.15, 0.2) is 11.5 Å². The van der Waals surface area contributed by atoms with Crippen molar-refractivity contribution in [1.82, 2.24) is 19.5 Å². The van der Waals surface area contributed by atoms with Crippen LogP contribution in [0.25, 0.3) is 11.2 Å². The molecule has 2 aromatic heterocycles. The summed E-state index contributed by atoms with van der Waals surface area (Å²) in [4.78, 5) is 36.2. The van der Waals surface area contributed by atoms with Crippen LogP contribution >= 0.6 is 19.4 Å². The summed E-state index contributed by atoms with van der Waals surface area (Å²) >= 11 is 1.28. The summed E-state index contributed by atoms with van der Waals surface area (Å²) in [6.07, 6.45) is 2.96. The van der Waals surface area contributed by atoms with Gasteiger partial charge >= 0.3 is 19.5 Å². The maximum atomic E-state index is 13.2. The molecule has 190 valence electrons. The predicted molar refractivity (Wildman–Crippen MR) is 128 cm³/mol. The van der Waals surface area contributed by atoms with E-state index in [1.165, 1.54) is 18.1 Å². The van der Waals surface area contributed by atoms with Crippen LogP contribution in [0.4, 0.5) is 5.82 Å². The van der Waals surface area contributed by atoms with Crippen LogP contribution in [0.2, 0.25) is 0 Å². The SMILES string of the molecule is CC(C)(C)C(=O)OCOP(=O)(CSCCn1cnc2c(N)ncnc21)OCOC(=O)C(C)(C)C. The van der Waals surface area contributed by atoms with Gasteiger partial charge < -0.3 is 19.8 Å². The van der Waals surface area contributed by atoms with Gasteiger partial charge in [0.2, 0.25) is 13.6 Å². The van der Waals surface area contributed by atoms with Gasteiger partial charge in [0.25, 0.3) is 0 Å². The number of carbonyl (C=O) groups excluding carboxylic acids is 2. The third-order valence-electron chi connectivity index (χ3n) is 4.26. The van der Waals surface area contributed by atoms with Crippen molar-refractivity contribution in [2.24, 2.45) is 10.8 Å². The average Bonchev–Trinajstić information content (AvgIpc) is 3.14. The van der Waals surface area contributed by atoms with E-state index in [-0.39, 0.29) is 11.3 Å². The zero-order valence-corrected chi connectivity index (χ0v) is 22.0. The molecule has 0 unspecified atom stereocenters. The molecule has 0 fully saturated rings. The highest BCUT2D eigenvalue weighted by Crippen LogP contribution is 2.51. The quantitative estimate of drug-likeness (QED) is 0.201.